The summed E-state index contributed by atoms with van der Waals surface area (Å²) in [6, 6.07) is 8.01. The van der Waals surface area contributed by atoms with E-state index in [4.69, 9.17) is 4.74 Å². The molecule has 1 fully saturated rings. The Kier molecular flexibility index (Phi) is 4.28. The molecule has 2 rings (SSSR count). The lowest BCUT2D eigenvalue weighted by molar-refractivity contribution is 0.189. The molecule has 0 aromatic heterocycles. The van der Waals surface area contributed by atoms with Crippen LogP contribution >= 0.6 is 0 Å². The van der Waals surface area contributed by atoms with Crippen LogP contribution in [0.1, 0.15) is 30.9 Å². The first-order valence-corrected chi connectivity index (χ1v) is 8.10. The molecule has 0 spiro atoms. The van der Waals surface area contributed by atoms with Crippen LogP contribution in [-0.2, 0) is 14.8 Å². The highest BCUT2D eigenvalue weighted by atomic mass is 32.2. The second-order valence-electron chi connectivity index (χ2n) is 5.37. The second kappa shape index (κ2) is 5.61. The number of hydrogen-bond acceptors (Lipinski definition) is 3. The minimum absolute atomic E-state index is 0.0918. The van der Waals surface area contributed by atoms with Crippen molar-refractivity contribution in [1.29, 1.82) is 0 Å². The molecule has 4 nitrogen and oxygen atoms in total. The third-order valence-electron chi connectivity index (χ3n) is 3.52. The standard InChI is InChI=1S/C14H21NO3S/c1-10(2)19(16,17)15-14-9-18-8-13(14)12-6-4-11(3)5-7-12/h4-7,10,13-15H,8-9H2,1-3H3. The fourth-order valence-electron chi connectivity index (χ4n) is 2.16. The van der Waals surface area contributed by atoms with Crippen molar-refractivity contribution < 1.29 is 13.2 Å². The molecule has 19 heavy (non-hydrogen) atoms. The Morgan fingerprint density at radius 1 is 1.21 bits per heavy atom. The monoisotopic (exact) mass is 283 g/mol. The maximum atomic E-state index is 12.0. The number of ether oxygens (including phenoxy) is 1. The fourth-order valence-corrected chi connectivity index (χ4v) is 3.09. The van der Waals surface area contributed by atoms with Gasteiger partial charge in [0.05, 0.1) is 24.5 Å². The van der Waals surface area contributed by atoms with Crippen LogP contribution in [0.15, 0.2) is 24.3 Å². The number of nitrogens with one attached hydrogen (secondary N) is 1. The summed E-state index contributed by atoms with van der Waals surface area (Å²) in [5.74, 6) is 0.0918. The lowest BCUT2D eigenvalue weighted by Crippen LogP contribution is -2.42. The topological polar surface area (TPSA) is 55.4 Å². The van der Waals surface area contributed by atoms with Gasteiger partial charge in [0.15, 0.2) is 0 Å². The van der Waals surface area contributed by atoms with Crippen molar-refractivity contribution in [3.63, 3.8) is 0 Å². The van der Waals surface area contributed by atoms with Crippen molar-refractivity contribution in [3.8, 4) is 0 Å². The van der Waals surface area contributed by atoms with E-state index >= 15 is 0 Å². The lowest BCUT2D eigenvalue weighted by atomic mass is 9.94. The Hall–Kier alpha value is -0.910. The van der Waals surface area contributed by atoms with Crippen molar-refractivity contribution in [2.75, 3.05) is 13.2 Å². The number of sulfonamides is 1. The van der Waals surface area contributed by atoms with E-state index in [0.29, 0.717) is 13.2 Å². The van der Waals surface area contributed by atoms with Gasteiger partial charge in [-0.25, -0.2) is 13.1 Å². The molecule has 0 aliphatic carbocycles. The van der Waals surface area contributed by atoms with Crippen LogP contribution in [0, 0.1) is 6.92 Å². The molecule has 0 saturated carbocycles. The molecule has 1 heterocycles. The minimum atomic E-state index is -3.26. The molecule has 106 valence electrons. The molecule has 1 saturated heterocycles. The Morgan fingerprint density at radius 2 is 1.84 bits per heavy atom. The van der Waals surface area contributed by atoms with Gasteiger partial charge in [0, 0.05) is 5.92 Å². The van der Waals surface area contributed by atoms with Gasteiger partial charge in [-0.15, -0.1) is 0 Å². The first kappa shape index (κ1) is 14.5. The summed E-state index contributed by atoms with van der Waals surface area (Å²) in [5.41, 5.74) is 2.32. The van der Waals surface area contributed by atoms with Gasteiger partial charge in [0.25, 0.3) is 0 Å². The first-order chi connectivity index (χ1) is 8.90. The third-order valence-corrected chi connectivity index (χ3v) is 5.39. The van der Waals surface area contributed by atoms with Crippen LogP contribution in [-0.4, -0.2) is 32.9 Å². The van der Waals surface area contributed by atoms with Crippen molar-refractivity contribution >= 4 is 10.0 Å². The maximum absolute atomic E-state index is 12.0. The molecule has 1 aliphatic heterocycles. The highest BCUT2D eigenvalue weighted by Crippen LogP contribution is 2.26. The quantitative estimate of drug-likeness (QED) is 0.917. The summed E-state index contributed by atoms with van der Waals surface area (Å²) in [5, 5.41) is -0.424. The third kappa shape index (κ3) is 3.35. The average Bonchev–Trinajstić information content (AvgIpc) is 2.77. The summed E-state index contributed by atoms with van der Waals surface area (Å²) in [6.07, 6.45) is 0. The van der Waals surface area contributed by atoms with Crippen LogP contribution in [0.3, 0.4) is 0 Å². The van der Waals surface area contributed by atoms with Gasteiger partial charge in [-0.05, 0) is 26.3 Å². The Balaban J connectivity index is 2.15. The molecule has 2 atom stereocenters. The zero-order valence-corrected chi connectivity index (χ0v) is 12.4. The number of hydrogen-bond donors (Lipinski definition) is 1. The fraction of sp³-hybridized carbons (Fsp3) is 0.571. The van der Waals surface area contributed by atoms with E-state index in [0.717, 1.165) is 5.56 Å². The Morgan fingerprint density at radius 3 is 2.42 bits per heavy atom. The van der Waals surface area contributed by atoms with Crippen molar-refractivity contribution in [1.82, 2.24) is 4.72 Å². The summed E-state index contributed by atoms with van der Waals surface area (Å²) < 4.78 is 32.1. The van der Waals surface area contributed by atoms with Crippen LogP contribution in [0.4, 0.5) is 0 Å². The Labute approximate surface area is 115 Å². The molecule has 0 bridgehead atoms. The van der Waals surface area contributed by atoms with E-state index < -0.39 is 15.3 Å². The van der Waals surface area contributed by atoms with Gasteiger partial charge in [-0.3, -0.25) is 0 Å². The molecule has 2 unspecified atom stereocenters. The summed E-state index contributed by atoms with van der Waals surface area (Å²) in [7, 11) is -3.26. The van der Waals surface area contributed by atoms with E-state index in [-0.39, 0.29) is 12.0 Å². The van der Waals surface area contributed by atoms with Crippen molar-refractivity contribution in [2.45, 2.75) is 38.0 Å². The summed E-state index contributed by atoms with van der Waals surface area (Å²) in [4.78, 5) is 0. The smallest absolute Gasteiger partial charge is 0.214 e. The van der Waals surface area contributed by atoms with Crippen molar-refractivity contribution in [3.05, 3.63) is 35.4 Å². The molecule has 0 radical (unpaired) electrons. The van der Waals surface area contributed by atoms with E-state index in [1.165, 1.54) is 5.56 Å². The van der Waals surface area contributed by atoms with Crippen LogP contribution in [0.25, 0.3) is 0 Å². The summed E-state index contributed by atoms with van der Waals surface area (Å²) >= 11 is 0. The lowest BCUT2D eigenvalue weighted by Gasteiger charge is -2.20. The normalized spacial score (nSPS) is 24.0. The zero-order chi connectivity index (χ0) is 14.0. The van der Waals surface area contributed by atoms with Gasteiger partial charge in [-0.2, -0.15) is 0 Å². The Bertz CT molecular complexity index is 522. The van der Waals surface area contributed by atoms with E-state index in [1.54, 1.807) is 13.8 Å². The molecular weight excluding hydrogens is 262 g/mol. The van der Waals surface area contributed by atoms with Gasteiger partial charge in [0.1, 0.15) is 0 Å². The van der Waals surface area contributed by atoms with Gasteiger partial charge in [-0.1, -0.05) is 29.8 Å². The van der Waals surface area contributed by atoms with Crippen LogP contribution < -0.4 is 4.72 Å². The molecule has 1 aromatic rings. The number of aryl methyl sites for hydroxylation is 1. The van der Waals surface area contributed by atoms with Crippen LogP contribution in [0.2, 0.25) is 0 Å². The maximum Gasteiger partial charge on any atom is 0.214 e. The van der Waals surface area contributed by atoms with Crippen LogP contribution in [0.5, 0.6) is 0 Å². The molecule has 0 amide bonds. The van der Waals surface area contributed by atoms with Gasteiger partial charge in [0.2, 0.25) is 10.0 Å². The average molecular weight is 283 g/mol. The van der Waals surface area contributed by atoms with Gasteiger partial charge >= 0.3 is 0 Å². The predicted octanol–water partition coefficient (Wildman–Crippen LogP) is 1.81. The van der Waals surface area contributed by atoms with E-state index in [2.05, 4.69) is 4.72 Å². The van der Waals surface area contributed by atoms with E-state index in [1.807, 2.05) is 31.2 Å². The van der Waals surface area contributed by atoms with Gasteiger partial charge < -0.3 is 4.74 Å². The number of benzene rings is 1. The first-order valence-electron chi connectivity index (χ1n) is 6.55. The minimum Gasteiger partial charge on any atom is -0.379 e. The highest BCUT2D eigenvalue weighted by molar-refractivity contribution is 7.90. The molecule has 5 heteroatoms. The molecule has 1 N–H and O–H groups in total. The summed E-state index contributed by atoms with van der Waals surface area (Å²) in [6.45, 7) is 6.39. The number of rotatable bonds is 4. The largest absolute Gasteiger partial charge is 0.379 e. The molecule has 1 aliphatic rings. The zero-order valence-electron chi connectivity index (χ0n) is 11.6. The molecule has 1 aromatic carbocycles. The van der Waals surface area contributed by atoms with E-state index in [9.17, 15) is 8.42 Å². The molecular formula is C14H21NO3S. The predicted molar refractivity (Wildman–Crippen MR) is 75.7 cm³/mol. The van der Waals surface area contributed by atoms with Crippen molar-refractivity contribution in [2.24, 2.45) is 0 Å². The second-order valence-corrected chi connectivity index (χ2v) is 7.64. The highest BCUT2D eigenvalue weighted by Gasteiger charge is 2.33. The SMILES string of the molecule is Cc1ccc(C2COCC2NS(=O)(=O)C(C)C)cc1.